The first-order chi connectivity index (χ1) is 13.2. The van der Waals surface area contributed by atoms with Gasteiger partial charge in [-0.05, 0) is 41.8 Å². The summed E-state index contributed by atoms with van der Waals surface area (Å²) in [5.74, 6) is -1.34. The number of alkyl halides is 3. The average Bonchev–Trinajstić information content (AvgIpc) is 2.65. The number of rotatable bonds is 3. The maximum absolute atomic E-state index is 13.0. The van der Waals surface area contributed by atoms with Crippen molar-refractivity contribution >= 4 is 35.2 Å². The lowest BCUT2D eigenvalue weighted by Gasteiger charge is -2.32. The minimum Gasteiger partial charge on any atom is -0.369 e. The monoisotopic (exact) mass is 408 g/mol. The Hall–Kier alpha value is -2.80. The molecule has 28 heavy (non-hydrogen) atoms. The van der Waals surface area contributed by atoms with Gasteiger partial charge in [0.05, 0.1) is 16.5 Å². The van der Waals surface area contributed by atoms with Crippen molar-refractivity contribution in [3.8, 4) is 0 Å². The Balaban J connectivity index is 1.86. The summed E-state index contributed by atoms with van der Waals surface area (Å²) in [6.45, 7) is 0.280. The Morgan fingerprint density at radius 2 is 1.89 bits per heavy atom. The third kappa shape index (κ3) is 4.04. The fourth-order valence-electron chi connectivity index (χ4n) is 3.21. The maximum atomic E-state index is 13.0. The topological polar surface area (TPSA) is 63.4 Å². The van der Waals surface area contributed by atoms with E-state index in [1.807, 2.05) is 0 Å². The zero-order valence-electron chi connectivity index (χ0n) is 14.5. The van der Waals surface area contributed by atoms with Crippen LogP contribution in [0.2, 0.25) is 5.02 Å². The predicted molar refractivity (Wildman–Crippen MR) is 101 cm³/mol. The zero-order chi connectivity index (χ0) is 20.5. The number of halogens is 4. The number of fused-ring (bicyclic) bond motifs is 1. The standard InChI is InChI=1S/C20H16ClF3N2O2/c21-16-7-5-12(11-15(16)20(22,23)24)6-8-18(27)26-10-9-14(19(25)28)13-3-1-2-4-17(13)26/h1-8,11,14H,9-10H2,(H2,25,28). The molecule has 1 heterocycles. The third-order valence-corrected chi connectivity index (χ3v) is 4.90. The van der Waals surface area contributed by atoms with Crippen LogP contribution in [0.5, 0.6) is 0 Å². The molecular formula is C20H16ClF3N2O2. The highest BCUT2D eigenvalue weighted by Crippen LogP contribution is 2.36. The summed E-state index contributed by atoms with van der Waals surface area (Å²) in [6.07, 6.45) is -1.70. The minimum absolute atomic E-state index is 0.199. The van der Waals surface area contributed by atoms with Gasteiger partial charge >= 0.3 is 6.18 Å². The molecule has 1 unspecified atom stereocenters. The van der Waals surface area contributed by atoms with E-state index in [0.29, 0.717) is 17.7 Å². The van der Waals surface area contributed by atoms with Crippen LogP contribution in [0.25, 0.3) is 6.08 Å². The van der Waals surface area contributed by atoms with Gasteiger partial charge in [-0.25, -0.2) is 0 Å². The molecule has 146 valence electrons. The van der Waals surface area contributed by atoms with E-state index in [0.717, 1.165) is 12.1 Å². The van der Waals surface area contributed by atoms with E-state index in [1.54, 1.807) is 24.3 Å². The number of nitrogens with zero attached hydrogens (tertiary/aromatic N) is 1. The van der Waals surface area contributed by atoms with Crippen LogP contribution in [0.1, 0.15) is 29.0 Å². The van der Waals surface area contributed by atoms with Crippen molar-refractivity contribution in [2.24, 2.45) is 5.73 Å². The van der Waals surface area contributed by atoms with Crippen LogP contribution in [0, 0.1) is 0 Å². The second-order valence-electron chi connectivity index (χ2n) is 6.36. The number of hydrogen-bond acceptors (Lipinski definition) is 2. The van der Waals surface area contributed by atoms with Gasteiger partial charge in [-0.3, -0.25) is 9.59 Å². The van der Waals surface area contributed by atoms with Crippen LogP contribution in [0.15, 0.2) is 48.5 Å². The molecule has 0 aliphatic carbocycles. The van der Waals surface area contributed by atoms with Gasteiger partial charge in [0.15, 0.2) is 0 Å². The van der Waals surface area contributed by atoms with Crippen molar-refractivity contribution in [2.45, 2.75) is 18.5 Å². The fourth-order valence-corrected chi connectivity index (χ4v) is 3.43. The molecule has 3 rings (SSSR count). The van der Waals surface area contributed by atoms with E-state index < -0.39 is 34.5 Å². The smallest absolute Gasteiger partial charge is 0.369 e. The Bertz CT molecular complexity index is 957. The third-order valence-electron chi connectivity index (χ3n) is 4.57. The lowest BCUT2D eigenvalue weighted by atomic mass is 9.89. The molecule has 1 aliphatic rings. The molecule has 8 heteroatoms. The van der Waals surface area contributed by atoms with Gasteiger partial charge in [0.1, 0.15) is 0 Å². The number of nitrogens with two attached hydrogens (primary N) is 1. The lowest BCUT2D eigenvalue weighted by molar-refractivity contribution is -0.137. The number of benzene rings is 2. The normalized spacial score (nSPS) is 16.9. The van der Waals surface area contributed by atoms with Crippen LogP contribution < -0.4 is 10.6 Å². The first-order valence-electron chi connectivity index (χ1n) is 8.43. The molecule has 0 spiro atoms. The lowest BCUT2D eigenvalue weighted by Crippen LogP contribution is -2.38. The van der Waals surface area contributed by atoms with Crippen molar-refractivity contribution < 1.29 is 22.8 Å². The predicted octanol–water partition coefficient (Wildman–Crippen LogP) is 4.38. The molecule has 0 bridgehead atoms. The van der Waals surface area contributed by atoms with Crippen LogP contribution in [-0.2, 0) is 15.8 Å². The number of para-hydroxylation sites is 1. The first kappa shape index (κ1) is 19.9. The Labute approximate surface area is 164 Å². The Morgan fingerprint density at radius 1 is 1.18 bits per heavy atom. The van der Waals surface area contributed by atoms with Crippen molar-refractivity contribution in [1.82, 2.24) is 0 Å². The van der Waals surface area contributed by atoms with Crippen LogP contribution in [0.3, 0.4) is 0 Å². The number of anilines is 1. The largest absolute Gasteiger partial charge is 0.417 e. The average molecular weight is 409 g/mol. The van der Waals surface area contributed by atoms with Crippen LogP contribution >= 0.6 is 11.6 Å². The zero-order valence-corrected chi connectivity index (χ0v) is 15.3. The van der Waals surface area contributed by atoms with Gasteiger partial charge in [-0.2, -0.15) is 13.2 Å². The van der Waals surface area contributed by atoms with Crippen LogP contribution in [-0.4, -0.2) is 18.4 Å². The molecule has 2 amide bonds. The van der Waals surface area contributed by atoms with Gasteiger partial charge in [0.25, 0.3) is 5.91 Å². The summed E-state index contributed by atoms with van der Waals surface area (Å²) < 4.78 is 38.9. The van der Waals surface area contributed by atoms with E-state index in [1.165, 1.54) is 23.1 Å². The molecule has 2 N–H and O–H groups in total. The summed E-state index contributed by atoms with van der Waals surface area (Å²) >= 11 is 5.60. The van der Waals surface area contributed by atoms with Crippen molar-refractivity contribution in [2.75, 3.05) is 11.4 Å². The molecule has 0 fully saturated rings. The molecule has 2 aromatic carbocycles. The van der Waals surface area contributed by atoms with E-state index >= 15 is 0 Å². The highest BCUT2D eigenvalue weighted by molar-refractivity contribution is 6.31. The van der Waals surface area contributed by atoms with Crippen molar-refractivity contribution in [3.63, 3.8) is 0 Å². The number of hydrogen-bond donors (Lipinski definition) is 1. The van der Waals surface area contributed by atoms with Gasteiger partial charge in [-0.1, -0.05) is 35.9 Å². The number of carbonyl (C=O) groups excluding carboxylic acids is 2. The van der Waals surface area contributed by atoms with Gasteiger partial charge in [0.2, 0.25) is 5.91 Å². The summed E-state index contributed by atoms with van der Waals surface area (Å²) in [7, 11) is 0. The van der Waals surface area contributed by atoms with Crippen molar-refractivity contribution in [1.29, 1.82) is 0 Å². The van der Waals surface area contributed by atoms with E-state index in [9.17, 15) is 22.8 Å². The van der Waals surface area contributed by atoms with E-state index in [-0.39, 0.29) is 12.1 Å². The van der Waals surface area contributed by atoms with Crippen LogP contribution in [0.4, 0.5) is 18.9 Å². The minimum atomic E-state index is -4.58. The second kappa shape index (κ2) is 7.67. The molecular weight excluding hydrogens is 393 g/mol. The summed E-state index contributed by atoms with van der Waals surface area (Å²) in [6, 6.07) is 10.4. The van der Waals surface area contributed by atoms with E-state index in [2.05, 4.69) is 0 Å². The quantitative estimate of drug-likeness (QED) is 0.766. The van der Waals surface area contributed by atoms with Gasteiger partial charge in [0, 0.05) is 18.3 Å². The maximum Gasteiger partial charge on any atom is 0.417 e. The first-order valence-corrected chi connectivity index (χ1v) is 8.81. The number of primary amides is 1. The van der Waals surface area contributed by atoms with E-state index in [4.69, 9.17) is 17.3 Å². The molecule has 1 atom stereocenters. The summed E-state index contributed by atoms with van der Waals surface area (Å²) in [5, 5.41) is -0.404. The number of carbonyl (C=O) groups is 2. The van der Waals surface area contributed by atoms with Crippen molar-refractivity contribution in [3.05, 3.63) is 70.3 Å². The second-order valence-corrected chi connectivity index (χ2v) is 6.77. The summed E-state index contributed by atoms with van der Waals surface area (Å²) in [5.41, 5.74) is 5.91. The molecule has 0 aromatic heterocycles. The number of amides is 2. The molecule has 0 saturated carbocycles. The molecule has 4 nitrogen and oxygen atoms in total. The summed E-state index contributed by atoms with van der Waals surface area (Å²) in [4.78, 5) is 25.8. The highest BCUT2D eigenvalue weighted by Gasteiger charge is 2.33. The molecule has 2 aromatic rings. The van der Waals surface area contributed by atoms with Gasteiger partial charge in [-0.15, -0.1) is 0 Å². The molecule has 0 radical (unpaired) electrons. The van der Waals surface area contributed by atoms with Gasteiger partial charge < -0.3 is 10.6 Å². The highest BCUT2D eigenvalue weighted by atomic mass is 35.5. The fraction of sp³-hybridized carbons (Fsp3) is 0.200. The Kier molecular flexibility index (Phi) is 5.47. The Morgan fingerprint density at radius 3 is 2.57 bits per heavy atom. The molecule has 1 aliphatic heterocycles. The SMILES string of the molecule is NC(=O)C1CCN(C(=O)C=Cc2ccc(Cl)c(C(F)(F)F)c2)c2ccccc21. The molecule has 0 saturated heterocycles.